The normalized spacial score (nSPS) is 10.8. The molecule has 0 aromatic heterocycles. The van der Waals surface area contributed by atoms with Gasteiger partial charge in [0, 0.05) is 15.6 Å². The lowest BCUT2D eigenvalue weighted by Gasteiger charge is -1.96. The molecule has 0 saturated carbocycles. The molecule has 0 spiro atoms. The first-order chi connectivity index (χ1) is 8.65. The molecule has 0 atom stereocenters. The molecule has 0 amide bonds. The maximum Gasteiger partial charge on any atom is 0.204 e. The zero-order valence-corrected chi connectivity index (χ0v) is 10.8. The van der Waals surface area contributed by atoms with Crippen LogP contribution in [0.15, 0.2) is 53.5 Å². The Kier molecular flexibility index (Phi) is 4.13. The zero-order valence-electron chi connectivity index (χ0n) is 9.31. The van der Waals surface area contributed by atoms with Gasteiger partial charge in [-0.3, -0.25) is 9.79 Å². The lowest BCUT2D eigenvalue weighted by atomic mass is 10.1. The number of hydrogen-bond acceptors (Lipinski definition) is 2. The number of carbonyl (C=O) groups is 1. The van der Waals surface area contributed by atoms with Gasteiger partial charge in [-0.2, -0.15) is 0 Å². The van der Waals surface area contributed by atoms with Gasteiger partial charge < -0.3 is 0 Å². The lowest BCUT2D eigenvalue weighted by molar-refractivity contribution is 0.107. The summed E-state index contributed by atoms with van der Waals surface area (Å²) in [7, 11) is 0. The van der Waals surface area contributed by atoms with E-state index in [-0.39, 0.29) is 5.78 Å². The van der Waals surface area contributed by atoms with E-state index in [2.05, 4.69) is 4.99 Å². The van der Waals surface area contributed by atoms with E-state index in [1.54, 1.807) is 48.5 Å². The van der Waals surface area contributed by atoms with Crippen molar-refractivity contribution in [2.75, 3.05) is 0 Å². The van der Waals surface area contributed by atoms with Crippen LogP contribution in [0, 0.1) is 0 Å². The second kappa shape index (κ2) is 5.80. The second-order valence-electron chi connectivity index (χ2n) is 3.61. The van der Waals surface area contributed by atoms with Gasteiger partial charge in [-0.1, -0.05) is 23.2 Å². The molecule has 0 aliphatic heterocycles. The van der Waals surface area contributed by atoms with Crippen LogP contribution in [0.2, 0.25) is 10.0 Å². The van der Waals surface area contributed by atoms with Crippen LogP contribution in [0.25, 0.3) is 0 Å². The Morgan fingerprint density at radius 1 is 0.889 bits per heavy atom. The van der Waals surface area contributed by atoms with Gasteiger partial charge in [0.25, 0.3) is 0 Å². The number of carbonyl (C=O) groups excluding carboxylic acids is 1. The highest BCUT2D eigenvalue weighted by atomic mass is 35.5. The molecule has 2 nitrogen and oxygen atoms in total. The molecule has 2 aromatic carbocycles. The van der Waals surface area contributed by atoms with Crippen LogP contribution in [0.3, 0.4) is 0 Å². The summed E-state index contributed by atoms with van der Waals surface area (Å²) in [6.45, 7) is 0. The van der Waals surface area contributed by atoms with E-state index in [9.17, 15) is 4.79 Å². The number of aliphatic imine (C=N–C) groups is 1. The Hall–Kier alpha value is -1.64. The lowest BCUT2D eigenvalue weighted by Crippen LogP contribution is -1.99. The van der Waals surface area contributed by atoms with E-state index in [4.69, 9.17) is 23.2 Å². The first kappa shape index (κ1) is 12.8. The Balaban J connectivity index is 2.11. The number of benzene rings is 2. The number of halogens is 2. The predicted octanol–water partition coefficient (Wildman–Crippen LogP) is 4.58. The van der Waals surface area contributed by atoms with Gasteiger partial charge in [0.2, 0.25) is 5.78 Å². The third-order valence-corrected chi connectivity index (χ3v) is 2.79. The Bertz CT molecular complexity index is 574. The summed E-state index contributed by atoms with van der Waals surface area (Å²) in [6.07, 6.45) is 1.28. The largest absolute Gasteiger partial charge is 0.288 e. The van der Waals surface area contributed by atoms with E-state index in [1.165, 1.54) is 6.21 Å². The van der Waals surface area contributed by atoms with Crippen LogP contribution in [0.1, 0.15) is 10.4 Å². The van der Waals surface area contributed by atoms with Crippen molar-refractivity contribution in [2.24, 2.45) is 4.99 Å². The molecule has 0 radical (unpaired) electrons. The summed E-state index contributed by atoms with van der Waals surface area (Å²) >= 11 is 11.5. The van der Waals surface area contributed by atoms with Crippen molar-refractivity contribution < 1.29 is 4.79 Å². The number of nitrogens with zero attached hydrogens (tertiary/aromatic N) is 1. The summed E-state index contributed by atoms with van der Waals surface area (Å²) in [5.74, 6) is -0.165. The summed E-state index contributed by atoms with van der Waals surface area (Å²) < 4.78 is 0. The van der Waals surface area contributed by atoms with Gasteiger partial charge in [0.15, 0.2) is 0 Å². The van der Waals surface area contributed by atoms with Crippen LogP contribution < -0.4 is 0 Å². The standard InChI is InChI=1S/C14H9Cl2NO/c15-11-3-1-10(2-4-11)14(18)9-17-13-7-5-12(16)6-8-13/h1-9H. The minimum absolute atomic E-state index is 0.165. The quantitative estimate of drug-likeness (QED) is 0.597. The molecule has 0 heterocycles. The van der Waals surface area contributed by atoms with Crippen LogP contribution in [0.4, 0.5) is 5.69 Å². The predicted molar refractivity (Wildman–Crippen MR) is 75.4 cm³/mol. The number of ketones is 1. The zero-order chi connectivity index (χ0) is 13.0. The smallest absolute Gasteiger partial charge is 0.204 e. The monoisotopic (exact) mass is 277 g/mol. The van der Waals surface area contributed by atoms with Crippen molar-refractivity contribution in [3.05, 3.63) is 64.1 Å². The first-order valence-corrected chi connectivity index (χ1v) is 6.00. The van der Waals surface area contributed by atoms with Crippen molar-refractivity contribution in [1.29, 1.82) is 0 Å². The summed E-state index contributed by atoms with van der Waals surface area (Å²) in [4.78, 5) is 15.9. The number of hydrogen-bond donors (Lipinski definition) is 0. The van der Waals surface area contributed by atoms with Crippen molar-refractivity contribution in [2.45, 2.75) is 0 Å². The topological polar surface area (TPSA) is 29.4 Å². The van der Waals surface area contributed by atoms with Gasteiger partial charge in [0.05, 0.1) is 11.9 Å². The summed E-state index contributed by atoms with van der Waals surface area (Å²) in [5, 5.41) is 1.24. The van der Waals surface area contributed by atoms with E-state index >= 15 is 0 Å². The Morgan fingerprint density at radius 2 is 1.39 bits per heavy atom. The van der Waals surface area contributed by atoms with Crippen molar-refractivity contribution in [3.8, 4) is 0 Å². The third kappa shape index (κ3) is 3.42. The van der Waals surface area contributed by atoms with Crippen LogP contribution in [-0.2, 0) is 0 Å². The van der Waals surface area contributed by atoms with Gasteiger partial charge >= 0.3 is 0 Å². The van der Waals surface area contributed by atoms with Gasteiger partial charge in [-0.15, -0.1) is 0 Å². The first-order valence-electron chi connectivity index (χ1n) is 5.25. The Morgan fingerprint density at radius 3 is 1.94 bits per heavy atom. The van der Waals surface area contributed by atoms with Gasteiger partial charge in [-0.25, -0.2) is 0 Å². The molecule has 0 unspecified atom stereocenters. The third-order valence-electron chi connectivity index (χ3n) is 2.29. The molecule has 0 saturated heterocycles. The molecule has 0 N–H and O–H groups in total. The number of rotatable bonds is 3. The highest BCUT2D eigenvalue weighted by molar-refractivity contribution is 6.36. The molecule has 0 aliphatic carbocycles. The fraction of sp³-hybridized carbons (Fsp3) is 0. The molecule has 2 aromatic rings. The fourth-order valence-electron chi connectivity index (χ4n) is 1.35. The summed E-state index contributed by atoms with van der Waals surface area (Å²) in [6, 6.07) is 13.6. The van der Waals surface area contributed by atoms with E-state index in [1.807, 2.05) is 0 Å². The molecule has 2 rings (SSSR count). The molecule has 0 fully saturated rings. The van der Waals surface area contributed by atoms with Crippen molar-refractivity contribution in [3.63, 3.8) is 0 Å². The van der Waals surface area contributed by atoms with E-state index < -0.39 is 0 Å². The SMILES string of the molecule is O=C(C=Nc1ccc(Cl)cc1)c1ccc(Cl)cc1. The fourth-order valence-corrected chi connectivity index (χ4v) is 1.60. The van der Waals surface area contributed by atoms with E-state index in [0.717, 1.165) is 0 Å². The average molecular weight is 278 g/mol. The minimum atomic E-state index is -0.165. The summed E-state index contributed by atoms with van der Waals surface area (Å²) in [5.41, 5.74) is 1.24. The molecule has 0 bridgehead atoms. The maximum atomic E-state index is 11.8. The number of Topliss-reactive ketones (excluding diaryl/α,β-unsaturated/α-hetero) is 1. The molecule has 18 heavy (non-hydrogen) atoms. The maximum absolute atomic E-state index is 11.8. The molecule has 4 heteroatoms. The highest BCUT2D eigenvalue weighted by Gasteiger charge is 2.01. The second-order valence-corrected chi connectivity index (χ2v) is 4.48. The molecular formula is C14H9Cl2NO. The van der Waals surface area contributed by atoms with Crippen molar-refractivity contribution in [1.82, 2.24) is 0 Å². The Labute approximate surface area is 115 Å². The molecule has 0 aliphatic rings. The van der Waals surface area contributed by atoms with E-state index in [0.29, 0.717) is 21.3 Å². The van der Waals surface area contributed by atoms with Crippen LogP contribution >= 0.6 is 23.2 Å². The highest BCUT2D eigenvalue weighted by Crippen LogP contribution is 2.16. The van der Waals surface area contributed by atoms with Crippen LogP contribution in [-0.4, -0.2) is 12.0 Å². The van der Waals surface area contributed by atoms with Gasteiger partial charge in [-0.05, 0) is 48.5 Å². The van der Waals surface area contributed by atoms with Gasteiger partial charge in [0.1, 0.15) is 0 Å². The average Bonchev–Trinajstić information content (AvgIpc) is 2.38. The minimum Gasteiger partial charge on any atom is -0.288 e. The van der Waals surface area contributed by atoms with Crippen LogP contribution in [0.5, 0.6) is 0 Å². The molecular weight excluding hydrogens is 269 g/mol. The van der Waals surface area contributed by atoms with Crippen molar-refractivity contribution >= 4 is 40.9 Å². The molecule has 90 valence electrons.